The maximum atomic E-state index is 14.5. The Balaban J connectivity index is 1.10. The maximum Gasteiger partial charge on any atom is 0.411 e. The fourth-order valence-corrected chi connectivity index (χ4v) is 7.54. The Bertz CT molecular complexity index is 2270. The number of benzene rings is 6. The number of nitrogen functional groups attached to an aromatic ring is 2. The van der Waals surface area contributed by atoms with Crippen LogP contribution in [0.3, 0.4) is 0 Å². The molecule has 0 aromatic heterocycles. The summed E-state index contributed by atoms with van der Waals surface area (Å²) in [5, 5.41) is 0. The van der Waals surface area contributed by atoms with Gasteiger partial charge in [-0.05, 0) is 124 Å². The van der Waals surface area contributed by atoms with Crippen molar-refractivity contribution >= 4 is 11.4 Å². The van der Waals surface area contributed by atoms with Crippen molar-refractivity contribution in [1.29, 1.82) is 0 Å². The smallest absolute Gasteiger partial charge is 0.411 e. The number of fused-ring (bicyclic) bond motifs is 3. The predicted octanol–water partition coefficient (Wildman–Crippen LogP) is 12.8. The maximum absolute atomic E-state index is 14.5. The highest BCUT2D eigenvalue weighted by atomic mass is 19.4. The normalized spacial score (nSPS) is 13.5. The zero-order valence-corrected chi connectivity index (χ0v) is 29.9. The highest BCUT2D eigenvalue weighted by Crippen LogP contribution is 2.58. The lowest BCUT2D eigenvalue weighted by molar-refractivity contribution is -0.290. The van der Waals surface area contributed by atoms with E-state index in [2.05, 4.69) is 0 Å². The summed E-state index contributed by atoms with van der Waals surface area (Å²) in [6.07, 6.45) is -22.8. The third kappa shape index (κ3) is 6.93. The summed E-state index contributed by atoms with van der Waals surface area (Å²) >= 11 is 0. The Hall–Kier alpha value is -6.32. The van der Waals surface area contributed by atoms with Gasteiger partial charge in [-0.2, -0.15) is 52.7 Å². The average Bonchev–Trinajstić information content (AvgIpc) is 3.50. The first-order valence-electron chi connectivity index (χ1n) is 17.4. The fraction of sp³-hybridized carbons (Fsp3) is 0.163. The molecule has 0 amide bonds. The molecular formula is C43H28F12N2O2. The monoisotopic (exact) mass is 832 g/mol. The summed E-state index contributed by atoms with van der Waals surface area (Å²) in [5.74, 6) is 0.366. The van der Waals surface area contributed by atoms with Gasteiger partial charge in [0.15, 0.2) is 0 Å². The number of ether oxygens (including phenoxy) is 2. The highest BCUT2D eigenvalue weighted by molar-refractivity contribution is 5.78. The van der Waals surface area contributed by atoms with Crippen molar-refractivity contribution in [3.8, 4) is 34.1 Å². The average molecular weight is 833 g/mol. The molecule has 0 saturated heterocycles. The molecule has 0 spiro atoms. The molecule has 59 heavy (non-hydrogen) atoms. The van der Waals surface area contributed by atoms with E-state index in [-0.39, 0.29) is 34.4 Å². The van der Waals surface area contributed by atoms with Crippen LogP contribution in [-0.2, 0) is 17.3 Å². The van der Waals surface area contributed by atoms with Crippen molar-refractivity contribution in [3.63, 3.8) is 0 Å². The quantitative estimate of drug-likeness (QED) is 0.118. The van der Waals surface area contributed by atoms with Crippen LogP contribution in [0.2, 0.25) is 0 Å². The van der Waals surface area contributed by atoms with E-state index < -0.39 is 57.8 Å². The third-order valence-corrected chi connectivity index (χ3v) is 10.3. The van der Waals surface area contributed by atoms with Gasteiger partial charge < -0.3 is 20.9 Å². The topological polar surface area (TPSA) is 70.5 Å². The lowest BCUT2D eigenvalue weighted by Crippen LogP contribution is -2.54. The number of alkyl halides is 12. The number of hydrogen-bond acceptors (Lipinski definition) is 4. The van der Waals surface area contributed by atoms with Gasteiger partial charge in [-0.3, -0.25) is 0 Å². The largest absolute Gasteiger partial charge is 0.457 e. The molecule has 6 aromatic carbocycles. The lowest BCUT2D eigenvalue weighted by atomic mass is 9.73. The van der Waals surface area contributed by atoms with Crippen LogP contribution in [0.5, 0.6) is 23.0 Å². The van der Waals surface area contributed by atoms with Gasteiger partial charge in [-0.15, -0.1) is 0 Å². The molecule has 4 N–H and O–H groups in total. The Morgan fingerprint density at radius 2 is 0.593 bits per heavy atom. The Labute approximate surface area is 327 Å². The summed E-state index contributed by atoms with van der Waals surface area (Å²) in [7, 11) is 0. The highest BCUT2D eigenvalue weighted by Gasteiger charge is 2.73. The first-order valence-corrected chi connectivity index (χ1v) is 17.4. The fourth-order valence-electron chi connectivity index (χ4n) is 7.54. The number of rotatable bonds is 8. The lowest BCUT2D eigenvalue weighted by Gasteiger charge is -2.38. The zero-order valence-electron chi connectivity index (χ0n) is 29.9. The van der Waals surface area contributed by atoms with Gasteiger partial charge in [-0.1, -0.05) is 60.7 Å². The molecule has 0 unspecified atom stereocenters. The zero-order chi connectivity index (χ0) is 42.8. The molecule has 7 rings (SSSR count). The molecule has 1 aliphatic carbocycles. The minimum atomic E-state index is -5.78. The van der Waals surface area contributed by atoms with Crippen LogP contribution in [-0.4, -0.2) is 24.7 Å². The van der Waals surface area contributed by atoms with Gasteiger partial charge in [0.2, 0.25) is 10.8 Å². The summed E-state index contributed by atoms with van der Waals surface area (Å²) < 4.78 is 186. The van der Waals surface area contributed by atoms with E-state index in [1.807, 2.05) is 0 Å². The van der Waals surface area contributed by atoms with Crippen LogP contribution >= 0.6 is 0 Å². The summed E-state index contributed by atoms with van der Waals surface area (Å²) in [6.45, 7) is 0. The van der Waals surface area contributed by atoms with Gasteiger partial charge in [0, 0.05) is 11.4 Å². The summed E-state index contributed by atoms with van der Waals surface area (Å²) in [5.41, 5.74) is 1.05. The molecule has 6 aromatic rings. The van der Waals surface area contributed by atoms with Crippen LogP contribution in [0.4, 0.5) is 64.1 Å². The molecular weight excluding hydrogens is 804 g/mol. The minimum absolute atomic E-state index is 0.0174. The predicted molar refractivity (Wildman–Crippen MR) is 195 cm³/mol. The minimum Gasteiger partial charge on any atom is -0.457 e. The number of nitrogens with two attached hydrogens (primary N) is 2. The first-order chi connectivity index (χ1) is 27.6. The molecule has 0 saturated carbocycles. The second kappa shape index (κ2) is 14.2. The van der Waals surface area contributed by atoms with Gasteiger partial charge >= 0.3 is 24.7 Å². The van der Waals surface area contributed by atoms with Gasteiger partial charge in [0.25, 0.3) is 0 Å². The van der Waals surface area contributed by atoms with Crippen molar-refractivity contribution in [2.45, 2.75) is 42.0 Å². The third-order valence-electron chi connectivity index (χ3n) is 10.3. The molecule has 0 bridgehead atoms. The van der Waals surface area contributed by atoms with E-state index in [9.17, 15) is 52.7 Å². The van der Waals surface area contributed by atoms with E-state index >= 15 is 0 Å². The SMILES string of the molecule is Nc1ccc(C(c2ccc(Oc3ccc4c(c3)Cc3cc(Oc5ccc(C(c6ccc(N)cc6)(C(F)(F)F)C(F)(F)F)cc5)ccc3-4)cc2)(C(F)(F)F)C(F)(F)F)cc1. The molecule has 0 fully saturated rings. The molecule has 1 aliphatic rings. The number of hydrogen-bond donors (Lipinski definition) is 2. The van der Waals surface area contributed by atoms with E-state index in [1.54, 1.807) is 36.4 Å². The van der Waals surface area contributed by atoms with Crippen LogP contribution < -0.4 is 20.9 Å². The van der Waals surface area contributed by atoms with Gasteiger partial charge in [0.1, 0.15) is 23.0 Å². The van der Waals surface area contributed by atoms with Crippen molar-refractivity contribution in [1.82, 2.24) is 0 Å². The van der Waals surface area contributed by atoms with Crippen molar-refractivity contribution in [3.05, 3.63) is 167 Å². The van der Waals surface area contributed by atoms with E-state index in [1.165, 1.54) is 0 Å². The van der Waals surface area contributed by atoms with Gasteiger partial charge in [-0.25, -0.2) is 0 Å². The van der Waals surface area contributed by atoms with Crippen LogP contribution in [0.1, 0.15) is 33.4 Å². The van der Waals surface area contributed by atoms with Crippen molar-refractivity contribution < 1.29 is 62.2 Å². The van der Waals surface area contributed by atoms with Crippen molar-refractivity contribution in [2.24, 2.45) is 0 Å². The summed E-state index contributed by atoms with van der Waals surface area (Å²) in [6, 6.07) is 23.2. The molecule has 306 valence electrons. The van der Waals surface area contributed by atoms with E-state index in [4.69, 9.17) is 20.9 Å². The Kier molecular flexibility index (Phi) is 9.84. The number of halogens is 12. The molecule has 0 aliphatic heterocycles. The second-order valence-electron chi connectivity index (χ2n) is 13.8. The Morgan fingerprint density at radius 3 is 0.864 bits per heavy atom. The second-order valence-corrected chi connectivity index (χ2v) is 13.8. The van der Waals surface area contributed by atoms with Crippen LogP contribution in [0.15, 0.2) is 133 Å². The Morgan fingerprint density at radius 1 is 0.339 bits per heavy atom. The molecule has 0 radical (unpaired) electrons. The number of anilines is 2. The molecule has 16 heteroatoms. The molecule has 0 atom stereocenters. The van der Waals surface area contributed by atoms with E-state index in [0.29, 0.717) is 55.0 Å². The molecule has 0 heterocycles. The first kappa shape index (κ1) is 40.9. The van der Waals surface area contributed by atoms with Crippen LogP contribution in [0, 0.1) is 0 Å². The van der Waals surface area contributed by atoms with Gasteiger partial charge in [0.05, 0.1) is 0 Å². The van der Waals surface area contributed by atoms with Crippen LogP contribution in [0.25, 0.3) is 11.1 Å². The molecule has 4 nitrogen and oxygen atoms in total. The summed E-state index contributed by atoms with van der Waals surface area (Å²) in [4.78, 5) is 0. The standard InChI is InChI=1S/C43H28F12N2O2/c44-40(45,46)38(41(47,48)49,26-1-9-30(56)10-2-26)28-5-13-32(14-6-28)58-34-17-19-36-24(22-34)21-25-23-35(18-20-37(25)36)59-33-15-7-29(8-16-33)39(42(50,51)52,43(53,54)55)27-3-11-31(57)12-4-27/h1-20,22-23H,21,56-57H2. The van der Waals surface area contributed by atoms with Crippen molar-refractivity contribution in [2.75, 3.05) is 11.5 Å². The van der Waals surface area contributed by atoms with E-state index in [0.717, 1.165) is 70.8 Å².